The smallest absolute Gasteiger partial charge is 0.253 e. The Hall–Kier alpha value is -3.42. The van der Waals surface area contributed by atoms with Crippen molar-refractivity contribution in [2.45, 2.75) is 39.5 Å². The van der Waals surface area contributed by atoms with Crippen molar-refractivity contribution in [3.8, 4) is 0 Å². The van der Waals surface area contributed by atoms with Gasteiger partial charge in [0.25, 0.3) is 5.91 Å². The highest BCUT2D eigenvalue weighted by atomic mass is 16.2. The maximum atomic E-state index is 13.6. The van der Waals surface area contributed by atoms with Crippen molar-refractivity contribution < 1.29 is 4.79 Å². The number of nitrogens with one attached hydrogen (secondary N) is 2. The summed E-state index contributed by atoms with van der Waals surface area (Å²) in [6.07, 6.45) is 8.29. The van der Waals surface area contributed by atoms with Crippen LogP contribution >= 0.6 is 0 Å². The molecular formula is C26H29N7O. The molecular weight excluding hydrogens is 426 g/mol. The van der Waals surface area contributed by atoms with Crippen LogP contribution in [-0.2, 0) is 0 Å². The summed E-state index contributed by atoms with van der Waals surface area (Å²) in [5.41, 5.74) is 5.26. The van der Waals surface area contributed by atoms with Gasteiger partial charge >= 0.3 is 0 Å². The molecule has 2 unspecified atom stereocenters. The Morgan fingerprint density at radius 1 is 1.03 bits per heavy atom. The van der Waals surface area contributed by atoms with E-state index < -0.39 is 0 Å². The monoisotopic (exact) mass is 455 g/mol. The molecule has 3 fully saturated rings. The molecule has 34 heavy (non-hydrogen) atoms. The molecule has 1 amide bonds. The maximum Gasteiger partial charge on any atom is 0.253 e. The van der Waals surface area contributed by atoms with Crippen molar-refractivity contribution in [1.82, 2.24) is 30.0 Å². The summed E-state index contributed by atoms with van der Waals surface area (Å²) in [5, 5.41) is 9.20. The Labute approximate surface area is 197 Å². The topological polar surface area (TPSA) is 93.8 Å². The summed E-state index contributed by atoms with van der Waals surface area (Å²) < 4.78 is 0. The Morgan fingerprint density at radius 2 is 1.79 bits per heavy atom. The number of hydrogen-bond donors (Lipinski definition) is 2. The summed E-state index contributed by atoms with van der Waals surface area (Å²) >= 11 is 0. The lowest BCUT2D eigenvalue weighted by molar-refractivity contribution is 0.0769. The minimum Gasteiger partial charge on any atom is -0.355 e. The van der Waals surface area contributed by atoms with Crippen molar-refractivity contribution >= 4 is 33.7 Å². The molecule has 3 aliphatic rings. The van der Waals surface area contributed by atoms with Crippen molar-refractivity contribution in [3.63, 3.8) is 0 Å². The third-order valence-corrected chi connectivity index (χ3v) is 9.00. The lowest BCUT2D eigenvalue weighted by Gasteiger charge is -2.41. The van der Waals surface area contributed by atoms with Crippen molar-refractivity contribution in [1.29, 1.82) is 0 Å². The molecule has 2 aliphatic heterocycles. The van der Waals surface area contributed by atoms with E-state index in [1.165, 1.54) is 31.2 Å². The van der Waals surface area contributed by atoms with Crippen LogP contribution in [0.4, 0.5) is 5.82 Å². The standard InChI is InChI=1S/C26H29N7O/c1-16-17(2)30-22-21(16)23(28-15-27-22)32-11-25-7-3-4-8-26(25,12-32)14-33(13-25)24(34)18-5-6-20-19(9-18)10-29-31-20/h5-6,9-10,15H,3-4,7-8,11-14H2,1-2H3,(H,29,31)(H,27,28,30). The number of rotatable bonds is 2. The number of aryl methyl sites for hydroxylation is 2. The Bertz CT molecular complexity index is 1430. The van der Waals surface area contributed by atoms with Gasteiger partial charge in [-0.1, -0.05) is 12.8 Å². The molecule has 1 saturated carbocycles. The van der Waals surface area contributed by atoms with Crippen LogP contribution in [0.1, 0.15) is 47.3 Å². The average molecular weight is 456 g/mol. The zero-order valence-electron chi connectivity index (χ0n) is 19.7. The second kappa shape index (κ2) is 6.81. The number of carbonyl (C=O) groups excluding carboxylic acids is 1. The third-order valence-electron chi connectivity index (χ3n) is 9.00. The van der Waals surface area contributed by atoms with Gasteiger partial charge in [-0.2, -0.15) is 5.10 Å². The quantitative estimate of drug-likeness (QED) is 0.477. The van der Waals surface area contributed by atoms with Gasteiger partial charge in [0.15, 0.2) is 0 Å². The van der Waals surface area contributed by atoms with E-state index in [1.54, 1.807) is 12.5 Å². The average Bonchev–Trinajstić information content (AvgIpc) is 3.57. The summed E-state index contributed by atoms with van der Waals surface area (Å²) in [7, 11) is 0. The highest BCUT2D eigenvalue weighted by Gasteiger charge is 2.64. The number of aromatic amines is 2. The number of amides is 1. The lowest BCUT2D eigenvalue weighted by atomic mass is 9.60. The molecule has 0 radical (unpaired) electrons. The van der Waals surface area contributed by atoms with E-state index in [2.05, 4.69) is 43.8 Å². The first-order valence-corrected chi connectivity index (χ1v) is 12.3. The molecule has 1 aromatic carbocycles. The van der Waals surface area contributed by atoms with Crippen molar-refractivity contribution in [3.05, 3.63) is 47.5 Å². The molecule has 0 bridgehead atoms. The first-order valence-electron chi connectivity index (χ1n) is 12.3. The largest absolute Gasteiger partial charge is 0.355 e. The second-order valence-corrected chi connectivity index (χ2v) is 10.8. The predicted molar refractivity (Wildman–Crippen MR) is 131 cm³/mol. The molecule has 2 N–H and O–H groups in total. The molecule has 0 spiro atoms. The first-order chi connectivity index (χ1) is 16.5. The number of aromatic nitrogens is 5. The fourth-order valence-electron chi connectivity index (χ4n) is 7.18. The second-order valence-electron chi connectivity index (χ2n) is 10.8. The molecule has 8 nitrogen and oxygen atoms in total. The number of hydrogen-bond acceptors (Lipinski definition) is 5. The highest BCUT2D eigenvalue weighted by molar-refractivity contribution is 5.98. The molecule has 3 aromatic heterocycles. The number of benzene rings is 1. The molecule has 5 heterocycles. The number of carbonyl (C=O) groups is 1. The van der Waals surface area contributed by atoms with Gasteiger partial charge in [-0.05, 0) is 50.5 Å². The van der Waals surface area contributed by atoms with Crippen LogP contribution in [0.2, 0.25) is 0 Å². The number of fused-ring (bicyclic) bond motifs is 2. The molecule has 7 rings (SSSR count). The van der Waals surface area contributed by atoms with Crippen LogP contribution in [-0.4, -0.2) is 62.1 Å². The molecule has 174 valence electrons. The number of nitrogens with zero attached hydrogens (tertiary/aromatic N) is 5. The summed E-state index contributed by atoms with van der Waals surface area (Å²) in [6, 6.07) is 5.85. The fourth-order valence-corrected chi connectivity index (χ4v) is 7.18. The number of anilines is 1. The number of H-pyrrole nitrogens is 2. The molecule has 1 aliphatic carbocycles. The minimum absolute atomic E-state index is 0.122. The molecule has 2 atom stereocenters. The van der Waals surface area contributed by atoms with E-state index in [0.717, 1.165) is 65.2 Å². The van der Waals surface area contributed by atoms with Crippen LogP contribution in [0.3, 0.4) is 0 Å². The van der Waals surface area contributed by atoms with Crippen molar-refractivity contribution in [2.75, 3.05) is 31.1 Å². The zero-order chi connectivity index (χ0) is 23.1. The Balaban J connectivity index is 1.23. The fraction of sp³-hybridized carbons (Fsp3) is 0.462. The predicted octanol–water partition coefficient (Wildman–Crippen LogP) is 3.97. The van der Waals surface area contributed by atoms with E-state index in [1.807, 2.05) is 18.2 Å². The third kappa shape index (κ3) is 2.59. The summed E-state index contributed by atoms with van der Waals surface area (Å²) in [5.74, 6) is 1.19. The SMILES string of the molecule is Cc1[nH]c2ncnc(N3CC45CCCCC4(CN(C(=O)c4ccc6[nH]ncc6c4)C5)C3)c2c1C. The zero-order valence-corrected chi connectivity index (χ0v) is 19.7. The normalized spacial score (nSPS) is 26.4. The van der Waals surface area contributed by atoms with Crippen LogP contribution in [0.15, 0.2) is 30.7 Å². The number of likely N-dealkylation sites (tertiary alicyclic amines) is 1. The molecule has 4 aromatic rings. The summed E-state index contributed by atoms with van der Waals surface area (Å²) in [4.78, 5) is 30.9. The highest BCUT2D eigenvalue weighted by Crippen LogP contribution is 2.60. The van der Waals surface area contributed by atoms with Gasteiger partial charge in [0.05, 0.1) is 17.1 Å². The van der Waals surface area contributed by atoms with Crippen LogP contribution in [0, 0.1) is 24.7 Å². The van der Waals surface area contributed by atoms with Gasteiger partial charge in [-0.15, -0.1) is 0 Å². The van der Waals surface area contributed by atoms with Gasteiger partial charge in [0.2, 0.25) is 0 Å². The van der Waals surface area contributed by atoms with Gasteiger partial charge in [0.1, 0.15) is 17.8 Å². The maximum absolute atomic E-state index is 13.6. The van der Waals surface area contributed by atoms with Crippen LogP contribution in [0.5, 0.6) is 0 Å². The van der Waals surface area contributed by atoms with Crippen LogP contribution in [0.25, 0.3) is 21.9 Å². The van der Waals surface area contributed by atoms with Gasteiger partial charge < -0.3 is 14.8 Å². The van der Waals surface area contributed by atoms with Crippen LogP contribution < -0.4 is 4.90 Å². The van der Waals surface area contributed by atoms with Gasteiger partial charge in [-0.25, -0.2) is 9.97 Å². The van der Waals surface area contributed by atoms with E-state index in [0.29, 0.717) is 0 Å². The Kier molecular flexibility index (Phi) is 4.00. The van der Waals surface area contributed by atoms with E-state index in [4.69, 9.17) is 4.98 Å². The first kappa shape index (κ1) is 20.0. The molecule has 2 saturated heterocycles. The van der Waals surface area contributed by atoms with E-state index in [-0.39, 0.29) is 16.7 Å². The lowest BCUT2D eigenvalue weighted by Crippen LogP contribution is -2.42. The minimum atomic E-state index is 0.122. The van der Waals surface area contributed by atoms with Gasteiger partial charge in [-0.3, -0.25) is 9.89 Å². The Morgan fingerprint density at radius 3 is 2.56 bits per heavy atom. The van der Waals surface area contributed by atoms with Crippen molar-refractivity contribution in [2.24, 2.45) is 10.8 Å². The van der Waals surface area contributed by atoms with E-state index in [9.17, 15) is 4.79 Å². The van der Waals surface area contributed by atoms with E-state index >= 15 is 0 Å². The summed E-state index contributed by atoms with van der Waals surface area (Å²) in [6.45, 7) is 7.80. The molecule has 8 heteroatoms. The van der Waals surface area contributed by atoms with Gasteiger partial charge in [0, 0.05) is 53.7 Å².